The third-order valence-corrected chi connectivity index (χ3v) is 2.23. The zero-order valence-corrected chi connectivity index (χ0v) is 6.27. The zero-order valence-electron chi connectivity index (χ0n) is 6.27. The maximum absolute atomic E-state index is 9.71. The summed E-state index contributed by atoms with van der Waals surface area (Å²) in [6.07, 6.45) is 6.22. The normalized spacial score (nSPS) is 21.2. The number of rotatable bonds is 2. The monoisotopic (exact) mass is 153 g/mol. The van der Waals surface area contributed by atoms with Gasteiger partial charge in [0, 0.05) is 0 Å². The Morgan fingerprint density at radius 3 is 2.45 bits per heavy atom. The Hall–Kier alpha value is -0.900. The van der Waals surface area contributed by atoms with Gasteiger partial charge in [-0.2, -0.15) is 0 Å². The Morgan fingerprint density at radius 2 is 2.00 bits per heavy atom. The summed E-state index contributed by atoms with van der Waals surface area (Å²) in [5.74, 6) is 0. The summed E-state index contributed by atoms with van der Waals surface area (Å²) in [5, 5.41) is 17.0. The van der Waals surface area contributed by atoms with E-state index in [4.69, 9.17) is 0 Å². The van der Waals surface area contributed by atoms with E-state index >= 15 is 0 Å². The molecule has 0 amide bonds. The van der Waals surface area contributed by atoms with E-state index in [-0.39, 0.29) is 0 Å². The van der Waals surface area contributed by atoms with Gasteiger partial charge in [0.05, 0.1) is 12.1 Å². The van der Waals surface area contributed by atoms with Gasteiger partial charge in [-0.25, -0.2) is 0 Å². The molecule has 1 aromatic rings. The molecule has 4 nitrogen and oxygen atoms in total. The molecule has 0 spiro atoms. The van der Waals surface area contributed by atoms with Crippen molar-refractivity contribution in [3.63, 3.8) is 0 Å². The molecule has 0 bridgehead atoms. The minimum atomic E-state index is -0.470. The highest BCUT2D eigenvalue weighted by Crippen LogP contribution is 2.32. The van der Waals surface area contributed by atoms with Gasteiger partial charge < -0.3 is 9.67 Å². The standard InChI is InChI=1S/C7H11N3O/c11-7(2-1-3-7)4-10-5-8-9-6-10/h5-6,11H,1-4H2. The summed E-state index contributed by atoms with van der Waals surface area (Å²) < 4.78 is 1.82. The van der Waals surface area contributed by atoms with Crippen LogP contribution in [0.4, 0.5) is 0 Å². The number of hydrogen-bond donors (Lipinski definition) is 1. The van der Waals surface area contributed by atoms with Gasteiger partial charge in [0.25, 0.3) is 0 Å². The van der Waals surface area contributed by atoms with Gasteiger partial charge in [-0.1, -0.05) is 0 Å². The van der Waals surface area contributed by atoms with E-state index < -0.39 is 5.60 Å². The molecule has 0 aliphatic heterocycles. The highest BCUT2D eigenvalue weighted by atomic mass is 16.3. The van der Waals surface area contributed by atoms with Crippen molar-refractivity contribution in [3.05, 3.63) is 12.7 Å². The molecule has 1 saturated carbocycles. The first-order valence-corrected chi connectivity index (χ1v) is 3.83. The lowest BCUT2D eigenvalue weighted by Gasteiger charge is -2.36. The summed E-state index contributed by atoms with van der Waals surface area (Å²) in [7, 11) is 0. The highest BCUT2D eigenvalue weighted by Gasteiger charge is 2.34. The van der Waals surface area contributed by atoms with Crippen LogP contribution in [0.1, 0.15) is 19.3 Å². The Morgan fingerprint density at radius 1 is 1.36 bits per heavy atom. The summed E-state index contributed by atoms with van der Waals surface area (Å²) in [6, 6.07) is 0. The fourth-order valence-electron chi connectivity index (χ4n) is 1.39. The molecule has 0 saturated heterocycles. The Kier molecular flexibility index (Phi) is 1.42. The van der Waals surface area contributed by atoms with Gasteiger partial charge in [-0.15, -0.1) is 10.2 Å². The second-order valence-electron chi connectivity index (χ2n) is 3.21. The van der Waals surface area contributed by atoms with Gasteiger partial charge >= 0.3 is 0 Å². The van der Waals surface area contributed by atoms with E-state index in [1.165, 1.54) is 0 Å². The second-order valence-corrected chi connectivity index (χ2v) is 3.21. The SMILES string of the molecule is OC1(Cn2cnnc2)CCC1. The van der Waals surface area contributed by atoms with Crippen LogP contribution in [0, 0.1) is 0 Å². The maximum Gasteiger partial charge on any atom is 0.119 e. The molecule has 0 atom stereocenters. The maximum atomic E-state index is 9.71. The Labute approximate surface area is 64.9 Å². The van der Waals surface area contributed by atoms with E-state index in [2.05, 4.69) is 10.2 Å². The topological polar surface area (TPSA) is 50.9 Å². The van der Waals surface area contributed by atoms with Gasteiger partial charge in [0.2, 0.25) is 0 Å². The van der Waals surface area contributed by atoms with Crippen LogP contribution in [0.3, 0.4) is 0 Å². The first kappa shape index (κ1) is 6.79. The smallest absolute Gasteiger partial charge is 0.119 e. The number of aromatic nitrogens is 3. The molecular weight excluding hydrogens is 142 g/mol. The van der Waals surface area contributed by atoms with Crippen LogP contribution in [-0.4, -0.2) is 25.5 Å². The molecule has 60 valence electrons. The largest absolute Gasteiger partial charge is 0.388 e. The van der Waals surface area contributed by atoms with E-state index in [1.807, 2.05) is 4.57 Å². The fraction of sp³-hybridized carbons (Fsp3) is 0.714. The van der Waals surface area contributed by atoms with Gasteiger partial charge in [-0.3, -0.25) is 0 Å². The molecule has 4 heteroatoms. The summed E-state index contributed by atoms with van der Waals surface area (Å²) in [4.78, 5) is 0. The first-order chi connectivity index (χ1) is 5.29. The van der Waals surface area contributed by atoms with Gasteiger partial charge in [-0.05, 0) is 19.3 Å². The van der Waals surface area contributed by atoms with E-state index in [1.54, 1.807) is 12.7 Å². The second kappa shape index (κ2) is 2.30. The molecule has 1 aromatic heterocycles. The Bertz CT molecular complexity index is 228. The molecular formula is C7H11N3O. The average Bonchev–Trinajstić information content (AvgIpc) is 2.36. The molecule has 1 aliphatic carbocycles. The van der Waals surface area contributed by atoms with Crippen molar-refractivity contribution in [1.82, 2.24) is 14.8 Å². The van der Waals surface area contributed by atoms with Crippen molar-refractivity contribution in [2.75, 3.05) is 0 Å². The molecule has 0 aromatic carbocycles. The van der Waals surface area contributed by atoms with E-state index in [9.17, 15) is 5.11 Å². The van der Waals surface area contributed by atoms with Crippen LogP contribution in [0.25, 0.3) is 0 Å². The van der Waals surface area contributed by atoms with Crippen molar-refractivity contribution in [3.8, 4) is 0 Å². The molecule has 0 unspecified atom stereocenters. The van der Waals surface area contributed by atoms with Crippen molar-refractivity contribution in [2.45, 2.75) is 31.4 Å². The summed E-state index contributed by atoms with van der Waals surface area (Å²) >= 11 is 0. The highest BCUT2D eigenvalue weighted by molar-refractivity contribution is 4.88. The molecule has 0 radical (unpaired) electrons. The number of aliphatic hydroxyl groups is 1. The third-order valence-electron chi connectivity index (χ3n) is 2.23. The predicted molar refractivity (Wildman–Crippen MR) is 38.8 cm³/mol. The zero-order chi connectivity index (χ0) is 7.73. The fourth-order valence-corrected chi connectivity index (χ4v) is 1.39. The van der Waals surface area contributed by atoms with Crippen LogP contribution < -0.4 is 0 Å². The van der Waals surface area contributed by atoms with Crippen molar-refractivity contribution >= 4 is 0 Å². The third kappa shape index (κ3) is 1.26. The molecule has 1 fully saturated rings. The predicted octanol–water partition coefficient (Wildman–Crippen LogP) is 0.193. The van der Waals surface area contributed by atoms with E-state index in [0.717, 1.165) is 19.3 Å². The van der Waals surface area contributed by atoms with Crippen LogP contribution in [0.5, 0.6) is 0 Å². The lowest BCUT2D eigenvalue weighted by Crippen LogP contribution is -2.40. The first-order valence-electron chi connectivity index (χ1n) is 3.83. The number of nitrogens with zero attached hydrogens (tertiary/aromatic N) is 3. The minimum absolute atomic E-state index is 0.470. The van der Waals surface area contributed by atoms with Gasteiger partial charge in [0.1, 0.15) is 12.7 Å². The summed E-state index contributed by atoms with van der Waals surface area (Å²) in [5.41, 5.74) is -0.470. The van der Waals surface area contributed by atoms with Crippen LogP contribution in [-0.2, 0) is 6.54 Å². The molecule has 2 rings (SSSR count). The minimum Gasteiger partial charge on any atom is -0.388 e. The van der Waals surface area contributed by atoms with Crippen molar-refractivity contribution in [1.29, 1.82) is 0 Å². The number of hydrogen-bond acceptors (Lipinski definition) is 3. The van der Waals surface area contributed by atoms with Crippen LogP contribution >= 0.6 is 0 Å². The van der Waals surface area contributed by atoms with Crippen LogP contribution in [0.15, 0.2) is 12.7 Å². The van der Waals surface area contributed by atoms with E-state index in [0.29, 0.717) is 6.54 Å². The average molecular weight is 153 g/mol. The van der Waals surface area contributed by atoms with Crippen molar-refractivity contribution in [2.24, 2.45) is 0 Å². The van der Waals surface area contributed by atoms with Crippen molar-refractivity contribution < 1.29 is 5.11 Å². The van der Waals surface area contributed by atoms with Crippen LogP contribution in [0.2, 0.25) is 0 Å². The Balaban J connectivity index is 2.00. The summed E-state index contributed by atoms with van der Waals surface area (Å²) in [6.45, 7) is 0.639. The lowest BCUT2D eigenvalue weighted by molar-refractivity contribution is -0.0473. The lowest BCUT2D eigenvalue weighted by atomic mass is 9.80. The molecule has 1 aliphatic rings. The molecule has 11 heavy (non-hydrogen) atoms. The quantitative estimate of drug-likeness (QED) is 0.660. The van der Waals surface area contributed by atoms with Gasteiger partial charge in [0.15, 0.2) is 0 Å². The molecule has 1 N–H and O–H groups in total. The molecule has 1 heterocycles.